The number of nitrogens with zero attached hydrogens (tertiary/aromatic N) is 1. The SMILES string of the molecule is Nc1c(F)cccc1C(=O)NCCc1nc(C(=O)O)cs1. The van der Waals surface area contributed by atoms with Gasteiger partial charge in [-0.05, 0) is 12.1 Å². The van der Waals surface area contributed by atoms with Crippen molar-refractivity contribution in [3.05, 3.63) is 45.7 Å². The Morgan fingerprint density at radius 1 is 1.43 bits per heavy atom. The molecule has 8 heteroatoms. The highest BCUT2D eigenvalue weighted by molar-refractivity contribution is 7.09. The summed E-state index contributed by atoms with van der Waals surface area (Å²) in [5, 5.41) is 13.4. The number of hydrogen-bond donors (Lipinski definition) is 3. The first-order chi connectivity index (χ1) is 9.99. The predicted octanol–water partition coefficient (Wildman–Crippen LogP) is 1.54. The Labute approximate surface area is 123 Å². The van der Waals surface area contributed by atoms with Crippen LogP contribution in [0.4, 0.5) is 10.1 Å². The van der Waals surface area contributed by atoms with Crippen LogP contribution in [0.15, 0.2) is 23.6 Å². The van der Waals surface area contributed by atoms with Gasteiger partial charge in [-0.15, -0.1) is 11.3 Å². The van der Waals surface area contributed by atoms with Crippen molar-refractivity contribution >= 4 is 28.9 Å². The van der Waals surface area contributed by atoms with Gasteiger partial charge in [0.2, 0.25) is 0 Å². The van der Waals surface area contributed by atoms with Crippen molar-refractivity contribution in [2.75, 3.05) is 12.3 Å². The normalized spacial score (nSPS) is 10.3. The van der Waals surface area contributed by atoms with Crippen molar-refractivity contribution in [3.8, 4) is 0 Å². The van der Waals surface area contributed by atoms with Crippen molar-refractivity contribution in [1.82, 2.24) is 10.3 Å². The van der Waals surface area contributed by atoms with E-state index in [1.54, 1.807) is 0 Å². The van der Waals surface area contributed by atoms with Gasteiger partial charge in [0.05, 0.1) is 16.3 Å². The van der Waals surface area contributed by atoms with Crippen molar-refractivity contribution in [1.29, 1.82) is 0 Å². The summed E-state index contributed by atoms with van der Waals surface area (Å²) in [6.07, 6.45) is 0.388. The van der Waals surface area contributed by atoms with Crippen molar-refractivity contribution < 1.29 is 19.1 Å². The van der Waals surface area contributed by atoms with E-state index in [0.717, 1.165) is 0 Å². The van der Waals surface area contributed by atoms with Crippen LogP contribution >= 0.6 is 11.3 Å². The van der Waals surface area contributed by atoms with Gasteiger partial charge < -0.3 is 16.2 Å². The maximum absolute atomic E-state index is 13.2. The Balaban J connectivity index is 1.92. The van der Waals surface area contributed by atoms with E-state index in [9.17, 15) is 14.0 Å². The van der Waals surface area contributed by atoms with Crippen molar-refractivity contribution in [2.24, 2.45) is 0 Å². The van der Waals surface area contributed by atoms with Crippen LogP contribution in [0.5, 0.6) is 0 Å². The highest BCUT2D eigenvalue weighted by atomic mass is 32.1. The standard InChI is InChI=1S/C13H12FN3O3S/c14-8-3-1-2-7(11(8)15)12(18)16-5-4-10-17-9(6-21-10)13(19)20/h1-3,6H,4-5,15H2,(H,16,18)(H,19,20). The molecule has 0 unspecified atom stereocenters. The average Bonchev–Trinajstić information content (AvgIpc) is 2.91. The molecule has 1 aromatic carbocycles. The number of nitrogens with two attached hydrogens (primary N) is 1. The second-order valence-electron chi connectivity index (χ2n) is 4.14. The summed E-state index contributed by atoms with van der Waals surface area (Å²) in [7, 11) is 0. The number of benzene rings is 1. The summed E-state index contributed by atoms with van der Waals surface area (Å²) < 4.78 is 13.2. The van der Waals surface area contributed by atoms with E-state index in [4.69, 9.17) is 10.8 Å². The lowest BCUT2D eigenvalue weighted by Crippen LogP contribution is -2.26. The van der Waals surface area contributed by atoms with Crippen LogP contribution in [0.3, 0.4) is 0 Å². The molecule has 21 heavy (non-hydrogen) atoms. The molecule has 1 aromatic heterocycles. The van der Waals surface area contributed by atoms with E-state index < -0.39 is 17.7 Å². The number of aromatic nitrogens is 1. The number of nitrogens with one attached hydrogen (secondary N) is 1. The average molecular weight is 309 g/mol. The van der Waals surface area contributed by atoms with Crippen LogP contribution in [0, 0.1) is 5.82 Å². The molecule has 6 nitrogen and oxygen atoms in total. The van der Waals surface area contributed by atoms with Crippen LogP contribution in [0.25, 0.3) is 0 Å². The number of amides is 1. The number of carbonyl (C=O) groups is 2. The molecule has 110 valence electrons. The number of thiazole rings is 1. The minimum Gasteiger partial charge on any atom is -0.476 e. The Bertz CT molecular complexity index is 687. The Hall–Kier alpha value is -2.48. The first kappa shape index (κ1) is 14.9. The summed E-state index contributed by atoms with van der Waals surface area (Å²) in [5.41, 5.74) is 5.35. The van der Waals surface area contributed by atoms with Crippen molar-refractivity contribution in [2.45, 2.75) is 6.42 Å². The predicted molar refractivity (Wildman–Crippen MR) is 75.9 cm³/mol. The van der Waals surface area contributed by atoms with Gasteiger partial charge in [0.25, 0.3) is 5.91 Å². The number of nitrogen functional groups attached to an aromatic ring is 1. The second-order valence-corrected chi connectivity index (χ2v) is 5.08. The van der Waals surface area contributed by atoms with E-state index in [1.807, 2.05) is 0 Å². The van der Waals surface area contributed by atoms with Gasteiger partial charge in [-0.1, -0.05) is 6.07 Å². The monoisotopic (exact) mass is 309 g/mol. The Morgan fingerprint density at radius 2 is 2.19 bits per heavy atom. The van der Waals surface area contributed by atoms with E-state index in [2.05, 4.69) is 10.3 Å². The summed E-state index contributed by atoms with van der Waals surface area (Å²) >= 11 is 1.20. The number of carboxylic acid groups (broad SMARTS) is 1. The first-order valence-corrected chi connectivity index (χ1v) is 6.87. The van der Waals surface area contributed by atoms with Gasteiger partial charge in [0, 0.05) is 18.3 Å². The quantitative estimate of drug-likeness (QED) is 0.726. The molecule has 0 bridgehead atoms. The van der Waals surface area contributed by atoms with Gasteiger partial charge in [0.15, 0.2) is 5.69 Å². The third-order valence-corrected chi connectivity index (χ3v) is 3.60. The largest absolute Gasteiger partial charge is 0.476 e. The molecule has 0 aliphatic rings. The maximum Gasteiger partial charge on any atom is 0.355 e. The fourth-order valence-corrected chi connectivity index (χ4v) is 2.41. The molecular formula is C13H12FN3O3S. The molecule has 2 aromatic rings. The summed E-state index contributed by atoms with van der Waals surface area (Å²) in [4.78, 5) is 26.4. The molecule has 0 atom stereocenters. The number of para-hydroxylation sites is 1. The number of anilines is 1. The lowest BCUT2D eigenvalue weighted by molar-refractivity contribution is 0.0690. The van der Waals surface area contributed by atoms with Gasteiger partial charge in [-0.3, -0.25) is 4.79 Å². The topological polar surface area (TPSA) is 105 Å². The van der Waals surface area contributed by atoms with Gasteiger partial charge >= 0.3 is 5.97 Å². The van der Waals surface area contributed by atoms with Crippen LogP contribution in [-0.2, 0) is 6.42 Å². The molecule has 2 rings (SSSR count). The van der Waals surface area contributed by atoms with E-state index >= 15 is 0 Å². The summed E-state index contributed by atoms with van der Waals surface area (Å²) in [6.45, 7) is 0.251. The third kappa shape index (κ3) is 3.54. The van der Waals surface area contributed by atoms with E-state index in [1.165, 1.54) is 34.9 Å². The molecule has 0 saturated carbocycles. The molecule has 0 aliphatic heterocycles. The number of aromatic carboxylic acids is 1. The van der Waals surface area contributed by atoms with E-state index in [0.29, 0.717) is 11.4 Å². The maximum atomic E-state index is 13.2. The molecule has 0 saturated heterocycles. The fraction of sp³-hybridized carbons (Fsp3) is 0.154. The lowest BCUT2D eigenvalue weighted by Gasteiger charge is -2.07. The molecule has 1 amide bonds. The molecule has 0 fully saturated rings. The van der Waals surface area contributed by atoms with Crippen LogP contribution in [-0.4, -0.2) is 28.5 Å². The highest BCUT2D eigenvalue weighted by Gasteiger charge is 2.13. The van der Waals surface area contributed by atoms with Gasteiger partial charge in [0.1, 0.15) is 5.82 Å². The van der Waals surface area contributed by atoms with Crippen LogP contribution in [0.2, 0.25) is 0 Å². The highest BCUT2D eigenvalue weighted by Crippen LogP contribution is 2.15. The smallest absolute Gasteiger partial charge is 0.355 e. The fourth-order valence-electron chi connectivity index (χ4n) is 1.64. The molecule has 0 radical (unpaired) electrons. The zero-order chi connectivity index (χ0) is 15.4. The van der Waals surface area contributed by atoms with Crippen LogP contribution in [0.1, 0.15) is 25.9 Å². The van der Waals surface area contributed by atoms with Crippen LogP contribution < -0.4 is 11.1 Å². The zero-order valence-electron chi connectivity index (χ0n) is 10.8. The first-order valence-electron chi connectivity index (χ1n) is 5.99. The Morgan fingerprint density at radius 3 is 2.86 bits per heavy atom. The number of rotatable bonds is 5. The number of carbonyl (C=O) groups excluding carboxylic acids is 1. The minimum atomic E-state index is -1.09. The van der Waals surface area contributed by atoms with Gasteiger partial charge in [-0.25, -0.2) is 14.2 Å². The molecule has 0 spiro atoms. The van der Waals surface area contributed by atoms with E-state index in [-0.39, 0.29) is 23.5 Å². The second kappa shape index (κ2) is 6.31. The molecule has 0 aliphatic carbocycles. The molecule has 4 N–H and O–H groups in total. The molecule has 1 heterocycles. The lowest BCUT2D eigenvalue weighted by atomic mass is 10.1. The number of halogens is 1. The summed E-state index contributed by atoms with van der Waals surface area (Å²) in [5.74, 6) is -2.22. The Kier molecular flexibility index (Phi) is 4.49. The van der Waals surface area contributed by atoms with Crippen molar-refractivity contribution in [3.63, 3.8) is 0 Å². The van der Waals surface area contributed by atoms with Gasteiger partial charge in [-0.2, -0.15) is 0 Å². The number of hydrogen-bond acceptors (Lipinski definition) is 5. The molecular weight excluding hydrogens is 297 g/mol. The third-order valence-electron chi connectivity index (χ3n) is 2.69. The number of carboxylic acids is 1. The summed E-state index contributed by atoms with van der Waals surface area (Å²) in [6, 6.07) is 4.01. The minimum absolute atomic E-state index is 0.0179. The zero-order valence-corrected chi connectivity index (χ0v) is 11.6.